The van der Waals surface area contributed by atoms with Crippen molar-refractivity contribution >= 4 is 22.4 Å². The highest BCUT2D eigenvalue weighted by Crippen LogP contribution is 2.17. The minimum absolute atomic E-state index is 0.242. The number of hydrogen-bond donors (Lipinski definition) is 2. The van der Waals surface area contributed by atoms with Gasteiger partial charge in [-0.15, -0.1) is 0 Å². The molecule has 0 spiro atoms. The van der Waals surface area contributed by atoms with Crippen molar-refractivity contribution in [2.24, 2.45) is 0 Å². The molecule has 0 fully saturated rings. The Bertz CT molecular complexity index is 686. The molecule has 0 atom stereocenters. The molecule has 2 N–H and O–H groups in total. The van der Waals surface area contributed by atoms with E-state index in [-0.39, 0.29) is 5.91 Å². The van der Waals surface area contributed by atoms with Crippen molar-refractivity contribution in [2.75, 3.05) is 5.32 Å². The highest BCUT2D eigenvalue weighted by molar-refractivity contribution is 6.11. The van der Waals surface area contributed by atoms with Crippen molar-refractivity contribution in [3.8, 4) is 0 Å². The van der Waals surface area contributed by atoms with E-state index in [9.17, 15) is 4.79 Å². The number of amides is 1. The van der Waals surface area contributed by atoms with Crippen molar-refractivity contribution < 1.29 is 4.79 Å². The van der Waals surface area contributed by atoms with Crippen LogP contribution in [0.3, 0.4) is 0 Å². The predicted molar refractivity (Wildman–Crippen MR) is 68.3 cm³/mol. The fourth-order valence-electron chi connectivity index (χ4n) is 1.81. The number of pyridine rings is 1. The number of aromatic amines is 1. The molecule has 3 rings (SSSR count). The Morgan fingerprint density at radius 3 is 2.94 bits per heavy atom. The molecule has 0 bridgehead atoms. The molecule has 1 aromatic carbocycles. The lowest BCUT2D eigenvalue weighted by Gasteiger charge is -2.05. The van der Waals surface area contributed by atoms with Crippen LogP contribution in [-0.2, 0) is 0 Å². The number of anilines is 1. The molecule has 5 heteroatoms. The monoisotopic (exact) mass is 238 g/mol. The van der Waals surface area contributed by atoms with Gasteiger partial charge >= 0.3 is 0 Å². The fraction of sp³-hybridized carbons (Fsp3) is 0. The number of carbonyl (C=O) groups excluding carboxylic acids is 1. The molecular formula is C13H10N4O. The predicted octanol–water partition coefficient (Wildman–Crippen LogP) is 2.21. The van der Waals surface area contributed by atoms with E-state index in [1.165, 1.54) is 0 Å². The van der Waals surface area contributed by atoms with Crippen LogP contribution >= 0.6 is 0 Å². The quantitative estimate of drug-likeness (QED) is 0.719. The first-order chi connectivity index (χ1) is 8.84. The molecule has 2 heterocycles. The third-order valence-corrected chi connectivity index (χ3v) is 2.64. The van der Waals surface area contributed by atoms with Gasteiger partial charge in [-0.1, -0.05) is 24.3 Å². The Hall–Kier alpha value is -2.69. The maximum atomic E-state index is 12.1. The molecule has 0 saturated carbocycles. The number of aromatic nitrogens is 3. The molecule has 0 saturated heterocycles. The van der Waals surface area contributed by atoms with E-state index in [1.54, 1.807) is 18.6 Å². The fourth-order valence-corrected chi connectivity index (χ4v) is 1.81. The van der Waals surface area contributed by atoms with E-state index in [0.29, 0.717) is 11.4 Å². The Morgan fingerprint density at radius 1 is 1.22 bits per heavy atom. The average Bonchev–Trinajstić information content (AvgIpc) is 2.91. The minimum atomic E-state index is -0.242. The summed E-state index contributed by atoms with van der Waals surface area (Å²) in [6.07, 6.45) is 4.79. The summed E-state index contributed by atoms with van der Waals surface area (Å²) in [5.41, 5.74) is 1.03. The highest BCUT2D eigenvalue weighted by atomic mass is 16.1. The third-order valence-electron chi connectivity index (χ3n) is 2.64. The van der Waals surface area contributed by atoms with Crippen LogP contribution in [0.25, 0.3) is 10.8 Å². The van der Waals surface area contributed by atoms with Crippen LogP contribution in [-0.4, -0.2) is 21.1 Å². The Labute approximate surface area is 103 Å². The summed E-state index contributed by atoms with van der Waals surface area (Å²) in [6.45, 7) is 0. The lowest BCUT2D eigenvalue weighted by Crippen LogP contribution is -2.13. The molecule has 2 aromatic heterocycles. The van der Waals surface area contributed by atoms with Crippen molar-refractivity contribution in [3.05, 3.63) is 54.6 Å². The van der Waals surface area contributed by atoms with Crippen LogP contribution in [0.1, 0.15) is 10.5 Å². The van der Waals surface area contributed by atoms with Crippen molar-refractivity contribution in [2.45, 2.75) is 0 Å². The molecule has 0 radical (unpaired) electrons. The number of carbonyl (C=O) groups is 1. The number of fused-ring (bicyclic) bond motifs is 1. The molecule has 0 aliphatic rings. The van der Waals surface area contributed by atoms with Crippen LogP contribution in [0, 0.1) is 0 Å². The van der Waals surface area contributed by atoms with Gasteiger partial charge in [0, 0.05) is 17.8 Å². The number of nitrogens with one attached hydrogen (secondary N) is 2. The molecular weight excluding hydrogens is 228 g/mol. The summed E-state index contributed by atoms with van der Waals surface area (Å²) in [4.78, 5) is 16.3. The summed E-state index contributed by atoms with van der Waals surface area (Å²) >= 11 is 0. The van der Waals surface area contributed by atoms with E-state index in [0.717, 1.165) is 10.8 Å². The highest BCUT2D eigenvalue weighted by Gasteiger charge is 2.11. The van der Waals surface area contributed by atoms with Crippen LogP contribution in [0.4, 0.5) is 5.69 Å². The first-order valence-electron chi connectivity index (χ1n) is 5.48. The lowest BCUT2D eigenvalue weighted by molar-refractivity contribution is 0.102. The average molecular weight is 238 g/mol. The van der Waals surface area contributed by atoms with Gasteiger partial charge in [-0.2, -0.15) is 5.10 Å². The van der Waals surface area contributed by atoms with E-state index >= 15 is 0 Å². The number of nitrogens with zero attached hydrogens (tertiary/aromatic N) is 2. The normalized spacial score (nSPS) is 10.4. The van der Waals surface area contributed by atoms with Crippen molar-refractivity contribution in [1.82, 2.24) is 15.2 Å². The van der Waals surface area contributed by atoms with Gasteiger partial charge in [-0.05, 0) is 11.5 Å². The van der Waals surface area contributed by atoms with Gasteiger partial charge in [0.15, 0.2) is 0 Å². The molecule has 0 unspecified atom stereocenters. The van der Waals surface area contributed by atoms with E-state index < -0.39 is 0 Å². The van der Waals surface area contributed by atoms with Crippen LogP contribution in [0.15, 0.2) is 48.9 Å². The van der Waals surface area contributed by atoms with Gasteiger partial charge in [0.05, 0.1) is 11.9 Å². The van der Waals surface area contributed by atoms with Crippen molar-refractivity contribution in [3.63, 3.8) is 0 Å². The molecule has 1 amide bonds. The molecule has 88 valence electrons. The number of hydrogen-bond acceptors (Lipinski definition) is 3. The molecule has 0 aliphatic carbocycles. The number of H-pyrrole nitrogens is 1. The summed E-state index contributed by atoms with van der Waals surface area (Å²) in [5, 5.41) is 11.0. The largest absolute Gasteiger partial charge is 0.318 e. The number of rotatable bonds is 2. The summed E-state index contributed by atoms with van der Waals surface area (Å²) in [7, 11) is 0. The van der Waals surface area contributed by atoms with Gasteiger partial charge in [0.1, 0.15) is 5.69 Å². The zero-order chi connectivity index (χ0) is 12.4. The van der Waals surface area contributed by atoms with Gasteiger partial charge in [0.2, 0.25) is 0 Å². The maximum absolute atomic E-state index is 12.1. The molecule has 0 aliphatic heterocycles. The Morgan fingerprint density at radius 2 is 2.11 bits per heavy atom. The van der Waals surface area contributed by atoms with E-state index in [4.69, 9.17) is 0 Å². The van der Waals surface area contributed by atoms with E-state index in [1.807, 2.05) is 30.3 Å². The Kier molecular flexibility index (Phi) is 2.49. The maximum Gasteiger partial charge on any atom is 0.274 e. The van der Waals surface area contributed by atoms with Gasteiger partial charge < -0.3 is 5.32 Å². The van der Waals surface area contributed by atoms with Crippen LogP contribution in [0.5, 0.6) is 0 Å². The van der Waals surface area contributed by atoms with Gasteiger partial charge in [-0.3, -0.25) is 14.9 Å². The minimum Gasteiger partial charge on any atom is -0.318 e. The third kappa shape index (κ3) is 1.82. The second-order valence-corrected chi connectivity index (χ2v) is 3.82. The first-order valence-corrected chi connectivity index (χ1v) is 5.48. The second-order valence-electron chi connectivity index (χ2n) is 3.82. The zero-order valence-electron chi connectivity index (χ0n) is 9.42. The summed E-state index contributed by atoms with van der Waals surface area (Å²) in [5.74, 6) is -0.242. The zero-order valence-corrected chi connectivity index (χ0v) is 9.42. The Balaban J connectivity index is 2.01. The SMILES string of the molecule is O=C(Nc1cn[nH]c1)c1nccc2ccccc12. The van der Waals surface area contributed by atoms with E-state index in [2.05, 4.69) is 20.5 Å². The second kappa shape index (κ2) is 4.29. The summed E-state index contributed by atoms with van der Waals surface area (Å²) < 4.78 is 0. The van der Waals surface area contributed by atoms with Gasteiger partial charge in [0.25, 0.3) is 5.91 Å². The summed E-state index contributed by atoms with van der Waals surface area (Å²) in [6, 6.07) is 9.53. The lowest BCUT2D eigenvalue weighted by atomic mass is 10.1. The topological polar surface area (TPSA) is 70.7 Å². The van der Waals surface area contributed by atoms with Crippen LogP contribution < -0.4 is 5.32 Å². The van der Waals surface area contributed by atoms with Crippen LogP contribution in [0.2, 0.25) is 0 Å². The number of benzene rings is 1. The smallest absolute Gasteiger partial charge is 0.274 e. The van der Waals surface area contributed by atoms with Gasteiger partial charge in [-0.25, -0.2) is 0 Å². The molecule has 3 aromatic rings. The molecule has 18 heavy (non-hydrogen) atoms. The standard InChI is InChI=1S/C13H10N4O/c18-13(17-10-7-15-16-8-10)12-11-4-2-1-3-9(11)5-6-14-12/h1-8H,(H,15,16)(H,17,18). The molecule has 5 nitrogen and oxygen atoms in total. The van der Waals surface area contributed by atoms with Crippen molar-refractivity contribution in [1.29, 1.82) is 0 Å². The first kappa shape index (κ1) is 10.5.